The number of nitrogens with two attached hydrogens (primary N) is 1. The van der Waals surface area contributed by atoms with Gasteiger partial charge in [0.2, 0.25) is 0 Å². The van der Waals surface area contributed by atoms with E-state index in [-0.39, 0.29) is 5.84 Å². The van der Waals surface area contributed by atoms with Crippen LogP contribution in [-0.4, -0.2) is 12.4 Å². The van der Waals surface area contributed by atoms with Gasteiger partial charge < -0.3 is 10.5 Å². The fourth-order valence-electron chi connectivity index (χ4n) is 1.94. The van der Waals surface area contributed by atoms with Gasteiger partial charge >= 0.3 is 0 Å². The molecule has 0 bridgehead atoms. The van der Waals surface area contributed by atoms with Crippen molar-refractivity contribution in [1.82, 2.24) is 0 Å². The molecule has 0 spiro atoms. The molecule has 106 valence electrons. The molecule has 0 aliphatic heterocycles. The summed E-state index contributed by atoms with van der Waals surface area (Å²) < 4.78 is 6.77. The molecule has 0 aliphatic rings. The van der Waals surface area contributed by atoms with Gasteiger partial charge in [-0.3, -0.25) is 5.41 Å². The summed E-state index contributed by atoms with van der Waals surface area (Å²) in [6.07, 6.45) is 4.76. The Morgan fingerprint density at radius 1 is 1.42 bits per heavy atom. The molecule has 1 rings (SSSR count). The molecule has 0 aromatic heterocycles. The van der Waals surface area contributed by atoms with Crippen LogP contribution in [0.3, 0.4) is 0 Å². The van der Waals surface area contributed by atoms with Gasteiger partial charge in [0.1, 0.15) is 11.6 Å². The third-order valence-electron chi connectivity index (χ3n) is 3.25. The van der Waals surface area contributed by atoms with Crippen LogP contribution in [-0.2, 0) is 0 Å². The molecule has 4 heteroatoms. The van der Waals surface area contributed by atoms with Crippen molar-refractivity contribution in [3.8, 4) is 5.75 Å². The molecule has 1 aromatic carbocycles. The van der Waals surface area contributed by atoms with Gasteiger partial charge in [0.05, 0.1) is 12.2 Å². The molecule has 1 atom stereocenters. The molecule has 3 N–H and O–H groups in total. The van der Waals surface area contributed by atoms with Gasteiger partial charge in [-0.25, -0.2) is 0 Å². The Morgan fingerprint density at radius 3 is 2.74 bits per heavy atom. The number of nitrogens with one attached hydrogen (secondary N) is 1. The molecule has 0 saturated carbocycles. The minimum Gasteiger partial charge on any atom is -0.493 e. The first kappa shape index (κ1) is 16.0. The standard InChI is InChI=1S/C15H23BrN2O/c1-3-5-6-11(4-2)10-19-14-8-7-12(16)9-13(14)15(17)18/h7-9,11H,3-6,10H2,1-2H3,(H3,17,18). The minimum atomic E-state index is 0.0397. The minimum absolute atomic E-state index is 0.0397. The maximum Gasteiger partial charge on any atom is 0.130 e. The first-order chi connectivity index (χ1) is 9.08. The second-order valence-electron chi connectivity index (χ2n) is 4.78. The highest BCUT2D eigenvalue weighted by Gasteiger charge is 2.11. The summed E-state index contributed by atoms with van der Waals surface area (Å²) in [6, 6.07) is 5.60. The number of halogens is 1. The molecule has 0 radical (unpaired) electrons. The normalized spacial score (nSPS) is 12.2. The van der Waals surface area contributed by atoms with E-state index in [4.69, 9.17) is 15.9 Å². The molecule has 0 heterocycles. The molecule has 3 nitrogen and oxygen atoms in total. The van der Waals surface area contributed by atoms with Crippen LogP contribution in [0.1, 0.15) is 45.1 Å². The average Bonchev–Trinajstić information content (AvgIpc) is 2.40. The number of hydrogen-bond acceptors (Lipinski definition) is 2. The summed E-state index contributed by atoms with van der Waals surface area (Å²) in [5.41, 5.74) is 6.24. The summed E-state index contributed by atoms with van der Waals surface area (Å²) in [4.78, 5) is 0. The zero-order valence-corrected chi connectivity index (χ0v) is 13.3. The van der Waals surface area contributed by atoms with Crippen molar-refractivity contribution in [1.29, 1.82) is 5.41 Å². The molecule has 0 aliphatic carbocycles. The highest BCUT2D eigenvalue weighted by molar-refractivity contribution is 9.10. The number of nitrogen functional groups attached to an aromatic ring is 1. The van der Waals surface area contributed by atoms with Crippen molar-refractivity contribution >= 4 is 21.8 Å². The summed E-state index contributed by atoms with van der Waals surface area (Å²) in [5, 5.41) is 7.59. The van der Waals surface area contributed by atoms with Crippen LogP contribution in [0.2, 0.25) is 0 Å². The third kappa shape index (κ3) is 5.23. The molecule has 19 heavy (non-hydrogen) atoms. The Labute approximate surface area is 124 Å². The summed E-state index contributed by atoms with van der Waals surface area (Å²) in [5.74, 6) is 1.31. The van der Waals surface area contributed by atoms with Gasteiger partial charge in [-0.2, -0.15) is 0 Å². The van der Waals surface area contributed by atoms with E-state index in [0.29, 0.717) is 23.8 Å². The third-order valence-corrected chi connectivity index (χ3v) is 3.74. The van der Waals surface area contributed by atoms with Crippen LogP contribution in [0, 0.1) is 11.3 Å². The second kappa shape index (κ2) is 8.20. The lowest BCUT2D eigenvalue weighted by Gasteiger charge is -2.17. The zero-order chi connectivity index (χ0) is 14.3. The van der Waals surface area contributed by atoms with E-state index >= 15 is 0 Å². The molecule has 0 saturated heterocycles. The molecule has 0 amide bonds. The maximum absolute atomic E-state index is 7.59. The number of hydrogen-bond donors (Lipinski definition) is 2. The predicted molar refractivity (Wildman–Crippen MR) is 84.0 cm³/mol. The van der Waals surface area contributed by atoms with Gasteiger partial charge in [-0.1, -0.05) is 49.0 Å². The number of rotatable bonds is 8. The largest absolute Gasteiger partial charge is 0.493 e. The lowest BCUT2D eigenvalue weighted by molar-refractivity contribution is 0.233. The van der Waals surface area contributed by atoms with E-state index in [0.717, 1.165) is 10.9 Å². The Hall–Kier alpha value is -1.03. The topological polar surface area (TPSA) is 59.1 Å². The van der Waals surface area contributed by atoms with Crippen LogP contribution in [0.5, 0.6) is 5.75 Å². The van der Waals surface area contributed by atoms with E-state index < -0.39 is 0 Å². The summed E-state index contributed by atoms with van der Waals surface area (Å²) in [7, 11) is 0. The molecular weight excluding hydrogens is 304 g/mol. The van der Waals surface area contributed by atoms with Crippen molar-refractivity contribution in [2.75, 3.05) is 6.61 Å². The van der Waals surface area contributed by atoms with Gasteiger partial charge in [-0.05, 0) is 30.5 Å². The number of benzene rings is 1. The molecule has 1 aromatic rings. The second-order valence-corrected chi connectivity index (χ2v) is 5.70. The lowest BCUT2D eigenvalue weighted by Crippen LogP contribution is -2.16. The Balaban J connectivity index is 2.68. The van der Waals surface area contributed by atoms with Crippen molar-refractivity contribution in [3.63, 3.8) is 0 Å². The van der Waals surface area contributed by atoms with Gasteiger partial charge in [0.25, 0.3) is 0 Å². The van der Waals surface area contributed by atoms with Gasteiger partial charge in [0, 0.05) is 4.47 Å². The first-order valence-electron chi connectivity index (χ1n) is 6.85. The van der Waals surface area contributed by atoms with Crippen molar-refractivity contribution in [3.05, 3.63) is 28.2 Å². The Morgan fingerprint density at radius 2 is 2.16 bits per heavy atom. The lowest BCUT2D eigenvalue weighted by atomic mass is 10.0. The zero-order valence-electron chi connectivity index (χ0n) is 11.7. The summed E-state index contributed by atoms with van der Waals surface area (Å²) >= 11 is 3.38. The van der Waals surface area contributed by atoms with E-state index in [1.54, 1.807) is 0 Å². The highest BCUT2D eigenvalue weighted by atomic mass is 79.9. The average molecular weight is 327 g/mol. The van der Waals surface area contributed by atoms with Crippen LogP contribution < -0.4 is 10.5 Å². The number of amidine groups is 1. The SMILES string of the molecule is CCCCC(CC)COc1ccc(Br)cc1C(=N)N. The summed E-state index contributed by atoms with van der Waals surface area (Å²) in [6.45, 7) is 5.09. The quantitative estimate of drug-likeness (QED) is 0.551. The fraction of sp³-hybridized carbons (Fsp3) is 0.533. The maximum atomic E-state index is 7.59. The van der Waals surface area contributed by atoms with Crippen LogP contribution in [0.15, 0.2) is 22.7 Å². The Kier molecular flexibility index (Phi) is 6.92. The van der Waals surface area contributed by atoms with E-state index in [2.05, 4.69) is 29.8 Å². The van der Waals surface area contributed by atoms with Crippen molar-refractivity contribution in [2.24, 2.45) is 11.7 Å². The molecular formula is C15H23BrN2O. The van der Waals surface area contributed by atoms with E-state index in [9.17, 15) is 0 Å². The van der Waals surface area contributed by atoms with Crippen molar-refractivity contribution in [2.45, 2.75) is 39.5 Å². The van der Waals surface area contributed by atoms with Crippen LogP contribution >= 0.6 is 15.9 Å². The fourth-order valence-corrected chi connectivity index (χ4v) is 2.31. The van der Waals surface area contributed by atoms with Crippen molar-refractivity contribution < 1.29 is 4.74 Å². The first-order valence-corrected chi connectivity index (χ1v) is 7.64. The molecule has 1 unspecified atom stereocenters. The highest BCUT2D eigenvalue weighted by Crippen LogP contribution is 2.24. The van der Waals surface area contributed by atoms with E-state index in [1.165, 1.54) is 19.3 Å². The molecule has 0 fully saturated rings. The smallest absolute Gasteiger partial charge is 0.130 e. The monoisotopic (exact) mass is 326 g/mol. The number of unbranched alkanes of at least 4 members (excludes halogenated alkanes) is 1. The van der Waals surface area contributed by atoms with E-state index in [1.807, 2.05) is 18.2 Å². The Bertz CT molecular complexity index is 421. The number of ether oxygens (including phenoxy) is 1. The van der Waals surface area contributed by atoms with Crippen LogP contribution in [0.25, 0.3) is 0 Å². The van der Waals surface area contributed by atoms with Gasteiger partial charge in [-0.15, -0.1) is 0 Å². The predicted octanol–water partition coefficient (Wildman–Crippen LogP) is 4.33. The van der Waals surface area contributed by atoms with Crippen LogP contribution in [0.4, 0.5) is 0 Å². The van der Waals surface area contributed by atoms with Gasteiger partial charge in [0.15, 0.2) is 0 Å².